The van der Waals surface area contributed by atoms with Gasteiger partial charge in [-0.3, -0.25) is 0 Å². The van der Waals surface area contributed by atoms with Gasteiger partial charge in [-0.25, -0.2) is 18.9 Å². The SMILES string of the molecule is CCOC(=O)c1cnn(-c2ncc(Br)cc2F)c1. The molecule has 0 fully saturated rings. The second-order valence-corrected chi connectivity index (χ2v) is 4.27. The molecule has 0 aromatic carbocycles. The first-order valence-corrected chi connectivity index (χ1v) is 5.94. The van der Waals surface area contributed by atoms with Crippen molar-refractivity contribution in [1.82, 2.24) is 14.8 Å². The molecule has 0 aliphatic carbocycles. The first kappa shape index (κ1) is 12.7. The number of esters is 1. The Morgan fingerprint density at radius 1 is 1.56 bits per heavy atom. The molecule has 0 aliphatic rings. The van der Waals surface area contributed by atoms with Crippen LogP contribution in [0.5, 0.6) is 0 Å². The minimum Gasteiger partial charge on any atom is -0.462 e. The summed E-state index contributed by atoms with van der Waals surface area (Å²) < 4.78 is 20.2. The van der Waals surface area contributed by atoms with Crippen LogP contribution in [0.25, 0.3) is 5.82 Å². The molecular formula is C11H9BrFN3O2. The molecule has 0 aliphatic heterocycles. The molecule has 2 aromatic heterocycles. The van der Waals surface area contributed by atoms with Crippen molar-refractivity contribution in [3.63, 3.8) is 0 Å². The zero-order chi connectivity index (χ0) is 13.1. The Balaban J connectivity index is 2.32. The Bertz CT molecular complexity index is 585. The highest BCUT2D eigenvalue weighted by atomic mass is 79.9. The van der Waals surface area contributed by atoms with Gasteiger partial charge in [0.15, 0.2) is 11.6 Å². The van der Waals surface area contributed by atoms with Crippen LogP contribution in [0, 0.1) is 5.82 Å². The highest BCUT2D eigenvalue weighted by Crippen LogP contribution is 2.15. The van der Waals surface area contributed by atoms with E-state index in [0.717, 1.165) is 0 Å². The van der Waals surface area contributed by atoms with Crippen LogP contribution in [-0.4, -0.2) is 27.3 Å². The van der Waals surface area contributed by atoms with E-state index < -0.39 is 11.8 Å². The summed E-state index contributed by atoms with van der Waals surface area (Å²) in [7, 11) is 0. The molecule has 0 unspecified atom stereocenters. The van der Waals surface area contributed by atoms with E-state index in [1.165, 1.54) is 29.3 Å². The zero-order valence-electron chi connectivity index (χ0n) is 9.43. The van der Waals surface area contributed by atoms with E-state index in [1.807, 2.05) is 0 Å². The van der Waals surface area contributed by atoms with Crippen LogP contribution in [-0.2, 0) is 4.74 Å². The maximum Gasteiger partial charge on any atom is 0.341 e. The Morgan fingerprint density at radius 3 is 3.00 bits per heavy atom. The molecule has 0 amide bonds. The van der Waals surface area contributed by atoms with Crippen molar-refractivity contribution in [2.45, 2.75) is 6.92 Å². The number of ether oxygens (including phenoxy) is 1. The fourth-order valence-corrected chi connectivity index (χ4v) is 1.64. The summed E-state index contributed by atoms with van der Waals surface area (Å²) in [5, 5.41) is 3.88. The van der Waals surface area contributed by atoms with Gasteiger partial charge in [0.2, 0.25) is 0 Å². The molecule has 0 saturated heterocycles. The number of aromatic nitrogens is 3. The van der Waals surface area contributed by atoms with Gasteiger partial charge in [0.25, 0.3) is 0 Å². The second-order valence-electron chi connectivity index (χ2n) is 3.35. The number of nitrogens with zero attached hydrogens (tertiary/aromatic N) is 3. The molecule has 2 aromatic rings. The van der Waals surface area contributed by atoms with E-state index in [-0.39, 0.29) is 18.0 Å². The van der Waals surface area contributed by atoms with Gasteiger partial charge in [0.05, 0.1) is 18.4 Å². The Hall–Kier alpha value is -1.76. The third-order valence-corrected chi connectivity index (χ3v) is 2.53. The van der Waals surface area contributed by atoms with Crippen molar-refractivity contribution < 1.29 is 13.9 Å². The summed E-state index contributed by atoms with van der Waals surface area (Å²) in [6.45, 7) is 1.98. The zero-order valence-corrected chi connectivity index (χ0v) is 11.0. The second kappa shape index (κ2) is 5.26. The molecular weight excluding hydrogens is 305 g/mol. The number of carbonyl (C=O) groups excluding carboxylic acids is 1. The lowest BCUT2D eigenvalue weighted by molar-refractivity contribution is 0.0526. The van der Waals surface area contributed by atoms with E-state index in [0.29, 0.717) is 4.47 Å². The average molecular weight is 314 g/mol. The van der Waals surface area contributed by atoms with Crippen LogP contribution in [0.15, 0.2) is 29.1 Å². The van der Waals surface area contributed by atoms with Gasteiger partial charge in [-0.15, -0.1) is 0 Å². The van der Waals surface area contributed by atoms with E-state index in [4.69, 9.17) is 4.74 Å². The quantitative estimate of drug-likeness (QED) is 0.816. The summed E-state index contributed by atoms with van der Waals surface area (Å²) in [5.74, 6) is -1.02. The molecule has 0 bridgehead atoms. The van der Waals surface area contributed by atoms with Crippen LogP contribution in [0.3, 0.4) is 0 Å². The molecule has 0 spiro atoms. The third kappa shape index (κ3) is 2.56. The molecule has 0 saturated carbocycles. The normalized spacial score (nSPS) is 10.4. The van der Waals surface area contributed by atoms with Gasteiger partial charge < -0.3 is 4.74 Å². The number of pyridine rings is 1. The van der Waals surface area contributed by atoms with Gasteiger partial charge in [0, 0.05) is 16.9 Å². The predicted molar refractivity (Wildman–Crippen MR) is 65.0 cm³/mol. The lowest BCUT2D eigenvalue weighted by atomic mass is 10.4. The maximum atomic E-state index is 13.6. The Morgan fingerprint density at radius 2 is 2.33 bits per heavy atom. The highest BCUT2D eigenvalue weighted by molar-refractivity contribution is 9.10. The van der Waals surface area contributed by atoms with Crippen LogP contribution in [0.2, 0.25) is 0 Å². The van der Waals surface area contributed by atoms with E-state index in [2.05, 4.69) is 26.0 Å². The van der Waals surface area contributed by atoms with Gasteiger partial charge in [-0.1, -0.05) is 0 Å². The number of carbonyl (C=O) groups is 1. The summed E-state index contributed by atoms with van der Waals surface area (Å²) in [5.41, 5.74) is 0.251. The van der Waals surface area contributed by atoms with Gasteiger partial charge in [0.1, 0.15) is 0 Å². The standard InChI is InChI=1S/C11H9BrFN3O2/c1-2-18-11(17)7-4-15-16(6-7)10-9(13)3-8(12)5-14-10/h3-6H,2H2,1H3. The van der Waals surface area contributed by atoms with Gasteiger partial charge >= 0.3 is 5.97 Å². The first-order chi connectivity index (χ1) is 8.61. The summed E-state index contributed by atoms with van der Waals surface area (Å²) in [6.07, 6.45) is 4.13. The van der Waals surface area contributed by atoms with Gasteiger partial charge in [-0.05, 0) is 28.9 Å². The fraction of sp³-hybridized carbons (Fsp3) is 0.182. The van der Waals surface area contributed by atoms with Crippen LogP contribution in [0.1, 0.15) is 17.3 Å². The summed E-state index contributed by atoms with van der Waals surface area (Å²) in [4.78, 5) is 15.3. The van der Waals surface area contributed by atoms with Gasteiger partial charge in [-0.2, -0.15) is 5.10 Å². The summed E-state index contributed by atoms with van der Waals surface area (Å²) in [6, 6.07) is 1.27. The minimum absolute atomic E-state index is 0.0220. The number of hydrogen-bond acceptors (Lipinski definition) is 4. The molecule has 0 radical (unpaired) electrons. The fourth-order valence-electron chi connectivity index (χ4n) is 1.33. The summed E-state index contributed by atoms with van der Waals surface area (Å²) >= 11 is 3.11. The van der Waals surface area contributed by atoms with Crippen LogP contribution >= 0.6 is 15.9 Å². The molecule has 0 N–H and O–H groups in total. The highest BCUT2D eigenvalue weighted by Gasteiger charge is 2.13. The number of halogens is 2. The Kier molecular flexibility index (Phi) is 3.71. The van der Waals surface area contributed by atoms with Crippen molar-refractivity contribution in [1.29, 1.82) is 0 Å². The molecule has 5 nitrogen and oxygen atoms in total. The molecule has 7 heteroatoms. The molecule has 0 atom stereocenters. The lowest BCUT2D eigenvalue weighted by Crippen LogP contribution is -2.04. The molecule has 2 rings (SSSR count). The maximum absolute atomic E-state index is 13.6. The lowest BCUT2D eigenvalue weighted by Gasteiger charge is -2.01. The Labute approximate surface area is 111 Å². The van der Waals surface area contributed by atoms with Crippen LogP contribution in [0.4, 0.5) is 4.39 Å². The van der Waals surface area contributed by atoms with E-state index in [9.17, 15) is 9.18 Å². The van der Waals surface area contributed by atoms with Crippen molar-refractivity contribution in [3.05, 3.63) is 40.5 Å². The first-order valence-electron chi connectivity index (χ1n) is 5.15. The van der Waals surface area contributed by atoms with Crippen molar-refractivity contribution >= 4 is 21.9 Å². The topological polar surface area (TPSA) is 57.0 Å². The predicted octanol–water partition coefficient (Wildman–Crippen LogP) is 2.35. The number of hydrogen-bond donors (Lipinski definition) is 0. The molecule has 18 heavy (non-hydrogen) atoms. The van der Waals surface area contributed by atoms with Crippen LogP contribution < -0.4 is 0 Å². The third-order valence-electron chi connectivity index (χ3n) is 2.10. The number of rotatable bonds is 3. The van der Waals surface area contributed by atoms with Crippen molar-refractivity contribution in [3.8, 4) is 5.82 Å². The smallest absolute Gasteiger partial charge is 0.341 e. The van der Waals surface area contributed by atoms with E-state index in [1.54, 1.807) is 6.92 Å². The molecule has 2 heterocycles. The van der Waals surface area contributed by atoms with Crippen molar-refractivity contribution in [2.75, 3.05) is 6.61 Å². The molecule has 94 valence electrons. The average Bonchev–Trinajstić information content (AvgIpc) is 2.78. The largest absolute Gasteiger partial charge is 0.462 e. The van der Waals surface area contributed by atoms with Crippen molar-refractivity contribution in [2.24, 2.45) is 0 Å². The minimum atomic E-state index is -0.539. The monoisotopic (exact) mass is 313 g/mol. The van der Waals surface area contributed by atoms with E-state index >= 15 is 0 Å².